The summed E-state index contributed by atoms with van der Waals surface area (Å²) in [6.45, 7) is 4.21. The van der Waals surface area contributed by atoms with Crippen molar-refractivity contribution in [1.82, 2.24) is 19.7 Å². The van der Waals surface area contributed by atoms with Crippen LogP contribution in [0.25, 0.3) is 11.5 Å². The van der Waals surface area contributed by atoms with Gasteiger partial charge >= 0.3 is 6.09 Å². The van der Waals surface area contributed by atoms with Crippen LogP contribution < -0.4 is 5.32 Å². The molecule has 3 aromatic rings. The Labute approximate surface area is 159 Å². The monoisotopic (exact) mass is 367 g/mol. The van der Waals surface area contributed by atoms with Crippen LogP contribution in [0, 0.1) is 0 Å². The molecule has 1 N–H and O–H groups in total. The van der Waals surface area contributed by atoms with E-state index in [1.165, 1.54) is 0 Å². The lowest BCUT2D eigenvalue weighted by molar-refractivity contribution is 0.155. The summed E-state index contributed by atoms with van der Waals surface area (Å²) in [7, 11) is 0. The number of benzene rings is 1. The highest BCUT2D eigenvalue weighted by Gasteiger charge is 2.27. The van der Waals surface area contributed by atoms with Crippen molar-refractivity contribution in [1.29, 1.82) is 0 Å². The Hall–Kier alpha value is -3.22. The quantitative estimate of drug-likeness (QED) is 0.707. The molecule has 0 atom stereocenters. The first-order valence-electron chi connectivity index (χ1n) is 9.14. The second kappa shape index (κ2) is 8.93. The predicted molar refractivity (Wildman–Crippen MR) is 105 cm³/mol. The maximum Gasteiger partial charge on any atom is 0.413 e. The van der Waals surface area contributed by atoms with E-state index in [0.717, 1.165) is 18.4 Å². The van der Waals surface area contributed by atoms with E-state index in [9.17, 15) is 4.79 Å². The van der Waals surface area contributed by atoms with Crippen molar-refractivity contribution in [2.45, 2.75) is 39.3 Å². The van der Waals surface area contributed by atoms with Crippen LogP contribution in [0.3, 0.4) is 0 Å². The fourth-order valence-electron chi connectivity index (χ4n) is 2.54. The van der Waals surface area contributed by atoms with Crippen molar-refractivity contribution in [2.75, 3.05) is 5.32 Å². The van der Waals surface area contributed by atoms with Gasteiger partial charge in [0.1, 0.15) is 24.4 Å². The Morgan fingerprint density at radius 3 is 2.70 bits per heavy atom. The number of nitrogens with zero attached hydrogens (tertiary/aromatic N) is 4. The van der Waals surface area contributed by atoms with Gasteiger partial charge in [0.15, 0.2) is 5.82 Å². The standard InChI is InChI=1S/C18H17N5O2.C2H6.H2/c24-18(25-11-13-5-2-1-3-6-13)21-16-8-4-7-15(20-16)17-22-19-12-23(17)14-9-10-14;1-2;/h1-8,12,14H,9-11H2,(H,20,21,24);1-2H3;1H. The molecular formula is C20H25N5O2. The normalized spacial score (nSPS) is 12.7. The van der Waals surface area contributed by atoms with Crippen LogP contribution in [0.15, 0.2) is 54.9 Å². The molecule has 1 fully saturated rings. The maximum atomic E-state index is 12.0. The van der Waals surface area contributed by atoms with Gasteiger partial charge in [0.25, 0.3) is 0 Å². The zero-order valence-electron chi connectivity index (χ0n) is 15.5. The van der Waals surface area contributed by atoms with E-state index in [4.69, 9.17) is 4.74 Å². The number of pyridine rings is 1. The van der Waals surface area contributed by atoms with E-state index in [-0.39, 0.29) is 8.03 Å². The number of aromatic nitrogens is 4. The molecule has 2 aromatic heterocycles. The Bertz CT molecular complexity index is 881. The maximum absolute atomic E-state index is 12.0. The summed E-state index contributed by atoms with van der Waals surface area (Å²) in [6, 6.07) is 15.4. The van der Waals surface area contributed by atoms with Crippen LogP contribution in [0.2, 0.25) is 0 Å². The highest BCUT2D eigenvalue weighted by atomic mass is 16.5. The number of hydrogen-bond donors (Lipinski definition) is 1. The van der Waals surface area contributed by atoms with Crippen LogP contribution in [0.4, 0.5) is 10.6 Å². The summed E-state index contributed by atoms with van der Waals surface area (Å²) < 4.78 is 7.24. The highest BCUT2D eigenvalue weighted by molar-refractivity contribution is 5.83. The van der Waals surface area contributed by atoms with Gasteiger partial charge in [-0.25, -0.2) is 9.78 Å². The molecule has 0 aliphatic heterocycles. The SMILES string of the molecule is CC.O=C(Nc1cccc(-c2nncn2C2CC2)n1)OCc1ccccc1.[HH]. The minimum absolute atomic E-state index is 0. The molecule has 4 rings (SSSR count). The highest BCUT2D eigenvalue weighted by Crippen LogP contribution is 2.37. The zero-order valence-corrected chi connectivity index (χ0v) is 15.5. The van der Waals surface area contributed by atoms with E-state index in [1.54, 1.807) is 12.4 Å². The van der Waals surface area contributed by atoms with Gasteiger partial charge in [0, 0.05) is 7.47 Å². The minimum atomic E-state index is -0.544. The van der Waals surface area contributed by atoms with Gasteiger partial charge in [0.05, 0.1) is 0 Å². The lowest BCUT2D eigenvalue weighted by Crippen LogP contribution is -2.14. The molecule has 7 nitrogen and oxygen atoms in total. The van der Waals surface area contributed by atoms with Crippen molar-refractivity contribution < 1.29 is 11.0 Å². The second-order valence-electron chi connectivity index (χ2n) is 5.89. The van der Waals surface area contributed by atoms with Gasteiger partial charge in [-0.15, -0.1) is 10.2 Å². The number of ether oxygens (including phenoxy) is 1. The Morgan fingerprint density at radius 1 is 1.19 bits per heavy atom. The van der Waals surface area contributed by atoms with Crippen LogP contribution in [-0.2, 0) is 11.3 Å². The molecule has 2 heterocycles. The van der Waals surface area contributed by atoms with E-state index in [2.05, 4.69) is 20.5 Å². The molecule has 0 radical (unpaired) electrons. The van der Waals surface area contributed by atoms with E-state index >= 15 is 0 Å². The molecule has 1 aliphatic carbocycles. The van der Waals surface area contributed by atoms with Crippen molar-refractivity contribution in [3.8, 4) is 11.5 Å². The lowest BCUT2D eigenvalue weighted by Gasteiger charge is -2.08. The van der Waals surface area contributed by atoms with E-state index < -0.39 is 6.09 Å². The number of amides is 1. The zero-order chi connectivity index (χ0) is 19.1. The number of nitrogens with one attached hydrogen (secondary N) is 1. The number of rotatable bonds is 5. The van der Waals surface area contributed by atoms with Crippen molar-refractivity contribution in [3.05, 3.63) is 60.4 Å². The molecule has 7 heteroatoms. The molecular weight excluding hydrogens is 342 g/mol. The summed E-state index contributed by atoms with van der Waals surface area (Å²) in [4.78, 5) is 16.4. The average molecular weight is 367 g/mol. The van der Waals surface area contributed by atoms with Crippen LogP contribution >= 0.6 is 0 Å². The van der Waals surface area contributed by atoms with Crippen molar-refractivity contribution >= 4 is 11.9 Å². The van der Waals surface area contributed by atoms with E-state index in [0.29, 0.717) is 23.4 Å². The molecule has 1 amide bonds. The van der Waals surface area contributed by atoms with Crippen LogP contribution in [0.1, 0.15) is 39.7 Å². The Balaban J connectivity index is 0.000000906. The third-order valence-corrected chi connectivity index (χ3v) is 3.93. The molecule has 0 bridgehead atoms. The average Bonchev–Trinajstić information content (AvgIpc) is 3.45. The summed E-state index contributed by atoms with van der Waals surface area (Å²) in [5.74, 6) is 1.13. The first-order chi connectivity index (χ1) is 13.3. The Morgan fingerprint density at radius 2 is 1.96 bits per heavy atom. The Kier molecular flexibility index (Phi) is 6.14. The summed E-state index contributed by atoms with van der Waals surface area (Å²) in [6.07, 6.45) is 3.45. The molecule has 27 heavy (non-hydrogen) atoms. The third kappa shape index (κ3) is 4.91. The van der Waals surface area contributed by atoms with Gasteiger partial charge < -0.3 is 9.30 Å². The second-order valence-corrected chi connectivity index (χ2v) is 5.89. The molecule has 142 valence electrons. The fraction of sp³-hybridized carbons (Fsp3) is 0.300. The van der Waals surface area contributed by atoms with Crippen molar-refractivity contribution in [2.24, 2.45) is 0 Å². The fourth-order valence-corrected chi connectivity index (χ4v) is 2.54. The summed E-state index contributed by atoms with van der Waals surface area (Å²) >= 11 is 0. The molecule has 1 saturated carbocycles. The number of carbonyl (C=O) groups excluding carboxylic acids is 1. The van der Waals surface area contributed by atoms with Crippen molar-refractivity contribution in [3.63, 3.8) is 0 Å². The van der Waals surface area contributed by atoms with Gasteiger partial charge in [0.2, 0.25) is 0 Å². The molecule has 0 spiro atoms. The molecule has 1 aromatic carbocycles. The first-order valence-corrected chi connectivity index (χ1v) is 9.14. The van der Waals surface area contributed by atoms with Gasteiger partial charge in [-0.05, 0) is 30.5 Å². The van der Waals surface area contributed by atoms with Gasteiger partial charge in [-0.2, -0.15) is 0 Å². The topological polar surface area (TPSA) is 81.9 Å². The van der Waals surface area contributed by atoms with Gasteiger partial charge in [-0.1, -0.05) is 50.2 Å². The molecule has 0 saturated heterocycles. The first kappa shape index (κ1) is 18.6. The summed E-state index contributed by atoms with van der Waals surface area (Å²) in [5.41, 5.74) is 1.60. The van der Waals surface area contributed by atoms with Crippen LogP contribution in [0.5, 0.6) is 0 Å². The number of hydrogen-bond acceptors (Lipinski definition) is 5. The van der Waals surface area contributed by atoms with Crippen LogP contribution in [-0.4, -0.2) is 25.8 Å². The predicted octanol–water partition coefficient (Wildman–Crippen LogP) is 4.70. The minimum Gasteiger partial charge on any atom is -0.444 e. The largest absolute Gasteiger partial charge is 0.444 e. The van der Waals surface area contributed by atoms with E-state index in [1.807, 2.05) is 60.9 Å². The lowest BCUT2D eigenvalue weighted by atomic mass is 10.2. The number of anilines is 1. The number of carbonyl (C=O) groups is 1. The van der Waals surface area contributed by atoms with Gasteiger partial charge in [-0.3, -0.25) is 5.32 Å². The molecule has 1 aliphatic rings. The third-order valence-electron chi connectivity index (χ3n) is 3.93. The summed E-state index contributed by atoms with van der Waals surface area (Å²) in [5, 5.41) is 10.8. The molecule has 0 unspecified atom stereocenters. The smallest absolute Gasteiger partial charge is 0.413 e.